The van der Waals surface area contributed by atoms with Crippen LogP contribution in [0.1, 0.15) is 12.8 Å². The molecule has 2 N–H and O–H groups in total. The van der Waals surface area contributed by atoms with Gasteiger partial charge in [0.15, 0.2) is 0 Å². The summed E-state index contributed by atoms with van der Waals surface area (Å²) in [6.07, 6.45) is 3.21. The highest BCUT2D eigenvalue weighted by molar-refractivity contribution is 5.78. The molecule has 1 fully saturated rings. The minimum atomic E-state index is -0.268. The summed E-state index contributed by atoms with van der Waals surface area (Å²) in [4.78, 5) is 13.3. The molecule has 4 nitrogen and oxygen atoms in total. The average molecular weight is 198 g/mol. The number of rotatable bonds is 4. The minimum Gasteiger partial charge on any atom is -0.392 e. The van der Waals surface area contributed by atoms with E-state index in [1.54, 1.807) is 6.08 Å². The number of carbonyl (C=O) groups is 1. The van der Waals surface area contributed by atoms with Crippen LogP contribution in [0.2, 0.25) is 0 Å². The molecule has 1 heterocycles. The van der Waals surface area contributed by atoms with Crippen LogP contribution in [0.4, 0.5) is 0 Å². The third-order valence-corrected chi connectivity index (χ3v) is 2.29. The molecule has 1 saturated heterocycles. The standard InChI is InChI=1S/C10H18N2O2/c1-2-5-11-10(14)8-12-6-3-4-9(13)7-12/h2,9,13H,1,3-8H2,(H,11,14). The Hall–Kier alpha value is -0.870. The summed E-state index contributed by atoms with van der Waals surface area (Å²) in [5.74, 6) is -0.000926. The highest BCUT2D eigenvalue weighted by atomic mass is 16.3. The van der Waals surface area contributed by atoms with E-state index in [4.69, 9.17) is 0 Å². The van der Waals surface area contributed by atoms with Gasteiger partial charge < -0.3 is 10.4 Å². The maximum absolute atomic E-state index is 11.3. The van der Waals surface area contributed by atoms with Gasteiger partial charge in [0.2, 0.25) is 5.91 Å². The van der Waals surface area contributed by atoms with Crippen LogP contribution in [0.5, 0.6) is 0 Å². The van der Waals surface area contributed by atoms with E-state index >= 15 is 0 Å². The second kappa shape index (κ2) is 5.78. The first-order valence-corrected chi connectivity index (χ1v) is 5.00. The van der Waals surface area contributed by atoms with Crippen LogP contribution in [-0.2, 0) is 4.79 Å². The summed E-state index contributed by atoms with van der Waals surface area (Å²) in [7, 11) is 0. The molecule has 0 spiro atoms. The molecule has 14 heavy (non-hydrogen) atoms. The number of piperidine rings is 1. The van der Waals surface area contributed by atoms with Crippen LogP contribution in [-0.4, -0.2) is 48.2 Å². The molecule has 0 aromatic heterocycles. The fourth-order valence-electron chi connectivity index (χ4n) is 1.62. The number of nitrogens with one attached hydrogen (secondary N) is 1. The van der Waals surface area contributed by atoms with E-state index in [1.807, 2.05) is 4.90 Å². The highest BCUT2D eigenvalue weighted by Gasteiger charge is 2.19. The van der Waals surface area contributed by atoms with Crippen LogP contribution in [0.15, 0.2) is 12.7 Å². The van der Waals surface area contributed by atoms with Gasteiger partial charge in [-0.3, -0.25) is 9.69 Å². The maximum atomic E-state index is 11.3. The Kier molecular flexibility index (Phi) is 4.62. The molecule has 1 rings (SSSR count). The SMILES string of the molecule is C=CCNC(=O)CN1CCCC(O)C1. The van der Waals surface area contributed by atoms with Crippen molar-refractivity contribution < 1.29 is 9.90 Å². The van der Waals surface area contributed by atoms with Crippen molar-refractivity contribution >= 4 is 5.91 Å². The third kappa shape index (κ3) is 3.89. The van der Waals surface area contributed by atoms with Gasteiger partial charge in [-0.2, -0.15) is 0 Å². The number of nitrogens with zero attached hydrogens (tertiary/aromatic N) is 1. The highest BCUT2D eigenvalue weighted by Crippen LogP contribution is 2.08. The lowest BCUT2D eigenvalue weighted by Crippen LogP contribution is -2.44. The Balaban J connectivity index is 2.21. The predicted octanol–water partition coefficient (Wildman–Crippen LogP) is -0.255. The zero-order valence-corrected chi connectivity index (χ0v) is 8.41. The van der Waals surface area contributed by atoms with E-state index in [0.717, 1.165) is 19.4 Å². The van der Waals surface area contributed by atoms with Crippen molar-refractivity contribution in [2.75, 3.05) is 26.2 Å². The molecule has 4 heteroatoms. The maximum Gasteiger partial charge on any atom is 0.234 e. The zero-order valence-electron chi connectivity index (χ0n) is 8.41. The molecule has 0 bridgehead atoms. The monoisotopic (exact) mass is 198 g/mol. The van der Waals surface area contributed by atoms with Gasteiger partial charge in [-0.1, -0.05) is 6.08 Å². The lowest BCUT2D eigenvalue weighted by molar-refractivity contribution is -0.122. The topological polar surface area (TPSA) is 52.6 Å². The van der Waals surface area contributed by atoms with E-state index in [0.29, 0.717) is 19.6 Å². The number of aliphatic hydroxyl groups is 1. The van der Waals surface area contributed by atoms with E-state index in [2.05, 4.69) is 11.9 Å². The van der Waals surface area contributed by atoms with Crippen LogP contribution in [0, 0.1) is 0 Å². The van der Waals surface area contributed by atoms with Gasteiger partial charge in [-0.05, 0) is 19.4 Å². The van der Waals surface area contributed by atoms with Crippen molar-refractivity contribution in [3.05, 3.63) is 12.7 Å². The van der Waals surface area contributed by atoms with Crippen molar-refractivity contribution in [2.45, 2.75) is 18.9 Å². The molecule has 0 saturated carbocycles. The van der Waals surface area contributed by atoms with Gasteiger partial charge >= 0.3 is 0 Å². The van der Waals surface area contributed by atoms with Crippen molar-refractivity contribution in [1.82, 2.24) is 10.2 Å². The Bertz CT molecular complexity index is 206. The van der Waals surface area contributed by atoms with Crippen molar-refractivity contribution in [3.63, 3.8) is 0 Å². The number of amides is 1. The largest absolute Gasteiger partial charge is 0.392 e. The number of hydrogen-bond donors (Lipinski definition) is 2. The lowest BCUT2D eigenvalue weighted by atomic mass is 10.1. The van der Waals surface area contributed by atoms with Gasteiger partial charge in [-0.25, -0.2) is 0 Å². The summed E-state index contributed by atoms with van der Waals surface area (Å²) in [5.41, 5.74) is 0. The molecular weight excluding hydrogens is 180 g/mol. The average Bonchev–Trinajstić information content (AvgIpc) is 2.15. The van der Waals surface area contributed by atoms with Crippen molar-refractivity contribution in [3.8, 4) is 0 Å². The molecule has 80 valence electrons. The Morgan fingerprint density at radius 2 is 2.50 bits per heavy atom. The third-order valence-electron chi connectivity index (χ3n) is 2.29. The zero-order chi connectivity index (χ0) is 10.4. The molecule has 0 aliphatic carbocycles. The molecular formula is C10H18N2O2. The van der Waals surface area contributed by atoms with E-state index in [-0.39, 0.29) is 12.0 Å². The molecule has 1 unspecified atom stereocenters. The number of hydrogen-bond acceptors (Lipinski definition) is 3. The Labute approximate surface area is 84.6 Å². The first-order chi connectivity index (χ1) is 6.72. The van der Waals surface area contributed by atoms with Gasteiger partial charge in [0.05, 0.1) is 12.6 Å². The summed E-state index contributed by atoms with van der Waals surface area (Å²) in [6, 6.07) is 0. The molecule has 1 aliphatic heterocycles. The predicted molar refractivity (Wildman–Crippen MR) is 54.9 cm³/mol. The molecule has 0 aromatic carbocycles. The van der Waals surface area contributed by atoms with Crippen molar-refractivity contribution in [1.29, 1.82) is 0 Å². The van der Waals surface area contributed by atoms with E-state index in [9.17, 15) is 9.90 Å². The molecule has 1 aliphatic rings. The lowest BCUT2D eigenvalue weighted by Gasteiger charge is -2.29. The fraction of sp³-hybridized carbons (Fsp3) is 0.700. The fourth-order valence-corrected chi connectivity index (χ4v) is 1.62. The van der Waals surface area contributed by atoms with Crippen LogP contribution in [0.3, 0.4) is 0 Å². The number of likely N-dealkylation sites (tertiary alicyclic amines) is 1. The van der Waals surface area contributed by atoms with Gasteiger partial charge in [0.1, 0.15) is 0 Å². The Morgan fingerprint density at radius 1 is 1.71 bits per heavy atom. The van der Waals surface area contributed by atoms with Crippen LogP contribution >= 0.6 is 0 Å². The minimum absolute atomic E-state index is 0.000926. The van der Waals surface area contributed by atoms with Gasteiger partial charge in [0.25, 0.3) is 0 Å². The second-order valence-electron chi connectivity index (χ2n) is 3.62. The summed E-state index contributed by atoms with van der Waals surface area (Å²) >= 11 is 0. The summed E-state index contributed by atoms with van der Waals surface area (Å²) in [5, 5.41) is 12.1. The molecule has 0 radical (unpaired) electrons. The van der Waals surface area contributed by atoms with Gasteiger partial charge in [-0.15, -0.1) is 6.58 Å². The Morgan fingerprint density at radius 3 is 3.14 bits per heavy atom. The normalized spacial score (nSPS) is 23.1. The first kappa shape index (κ1) is 11.2. The van der Waals surface area contributed by atoms with Crippen molar-refractivity contribution in [2.24, 2.45) is 0 Å². The number of β-amino-alcohol motifs (C(OH)–C–C–N with tert-alkyl or cyclic N) is 1. The number of aliphatic hydroxyl groups excluding tert-OH is 1. The number of carbonyl (C=O) groups excluding carboxylic acids is 1. The molecule has 0 aromatic rings. The first-order valence-electron chi connectivity index (χ1n) is 5.00. The smallest absolute Gasteiger partial charge is 0.234 e. The second-order valence-corrected chi connectivity index (χ2v) is 3.62. The van der Waals surface area contributed by atoms with E-state index in [1.165, 1.54) is 0 Å². The van der Waals surface area contributed by atoms with Crippen LogP contribution in [0.25, 0.3) is 0 Å². The summed E-state index contributed by atoms with van der Waals surface area (Å²) in [6.45, 7) is 5.93. The molecule has 1 amide bonds. The van der Waals surface area contributed by atoms with E-state index < -0.39 is 0 Å². The van der Waals surface area contributed by atoms with Crippen LogP contribution < -0.4 is 5.32 Å². The quantitative estimate of drug-likeness (QED) is 0.612. The van der Waals surface area contributed by atoms with Gasteiger partial charge in [0, 0.05) is 13.1 Å². The summed E-state index contributed by atoms with van der Waals surface area (Å²) < 4.78 is 0. The molecule has 1 atom stereocenters.